The summed E-state index contributed by atoms with van der Waals surface area (Å²) in [6.45, 7) is 2.01. The Bertz CT molecular complexity index is 554. The largest absolute Gasteiger partial charge is 0.469 e. The number of carbonyl (C=O) groups excluding carboxylic acids is 1. The molecule has 2 aromatic rings. The predicted octanol–water partition coefficient (Wildman–Crippen LogP) is 2.99. The summed E-state index contributed by atoms with van der Waals surface area (Å²) in [6, 6.07) is 3.41. The molecule has 0 aliphatic heterocycles. The third-order valence-electron chi connectivity index (χ3n) is 3.40. The van der Waals surface area contributed by atoms with E-state index in [2.05, 4.69) is 5.32 Å². The molecule has 1 atom stereocenters. The maximum absolute atomic E-state index is 12.0. The van der Waals surface area contributed by atoms with Crippen molar-refractivity contribution in [1.82, 2.24) is 5.32 Å². The SMILES string of the molecule is Cc1coc2c1[C@@H](NC(=O)c1ccco1)CCC2. The second-order valence-electron chi connectivity index (χ2n) is 4.65. The highest BCUT2D eigenvalue weighted by Gasteiger charge is 2.27. The first-order valence-corrected chi connectivity index (χ1v) is 6.17. The van der Waals surface area contributed by atoms with Crippen molar-refractivity contribution in [1.29, 1.82) is 0 Å². The first-order valence-electron chi connectivity index (χ1n) is 6.17. The van der Waals surface area contributed by atoms with Crippen LogP contribution in [0.1, 0.15) is 46.3 Å². The first kappa shape index (κ1) is 11.1. The van der Waals surface area contributed by atoms with Crippen molar-refractivity contribution in [3.8, 4) is 0 Å². The number of aryl methyl sites for hydroxylation is 2. The van der Waals surface area contributed by atoms with E-state index in [1.807, 2.05) is 6.92 Å². The van der Waals surface area contributed by atoms with Crippen molar-refractivity contribution in [2.75, 3.05) is 0 Å². The van der Waals surface area contributed by atoms with Crippen LogP contribution in [0.25, 0.3) is 0 Å². The molecule has 1 N–H and O–H groups in total. The van der Waals surface area contributed by atoms with Crippen molar-refractivity contribution in [3.05, 3.63) is 47.3 Å². The van der Waals surface area contributed by atoms with E-state index in [9.17, 15) is 4.79 Å². The average molecular weight is 245 g/mol. The third kappa shape index (κ3) is 1.83. The molecule has 94 valence electrons. The highest BCUT2D eigenvalue weighted by molar-refractivity contribution is 5.91. The summed E-state index contributed by atoms with van der Waals surface area (Å²) in [5.41, 5.74) is 2.25. The van der Waals surface area contributed by atoms with E-state index in [4.69, 9.17) is 8.83 Å². The summed E-state index contributed by atoms with van der Waals surface area (Å²) in [4.78, 5) is 12.0. The minimum absolute atomic E-state index is 0.0325. The number of hydrogen-bond acceptors (Lipinski definition) is 3. The summed E-state index contributed by atoms with van der Waals surface area (Å²) >= 11 is 0. The maximum atomic E-state index is 12.0. The van der Waals surface area contributed by atoms with Crippen molar-refractivity contribution >= 4 is 5.91 Å². The number of carbonyl (C=O) groups is 1. The molecule has 0 radical (unpaired) electrons. The standard InChI is InChI=1S/C14H15NO3/c1-9-8-18-11-5-2-4-10(13(9)11)15-14(16)12-6-3-7-17-12/h3,6-8,10H,2,4-5H2,1H3,(H,15,16)/t10-/m0/s1. The second kappa shape index (κ2) is 4.37. The Labute approximate surface area is 105 Å². The lowest BCUT2D eigenvalue weighted by molar-refractivity contribution is 0.0904. The summed E-state index contributed by atoms with van der Waals surface area (Å²) in [7, 11) is 0. The molecule has 4 nitrogen and oxygen atoms in total. The van der Waals surface area contributed by atoms with Gasteiger partial charge in [0.05, 0.1) is 18.6 Å². The van der Waals surface area contributed by atoms with Gasteiger partial charge in [0.15, 0.2) is 5.76 Å². The van der Waals surface area contributed by atoms with Crippen molar-refractivity contribution in [2.45, 2.75) is 32.2 Å². The highest BCUT2D eigenvalue weighted by atomic mass is 16.3. The lowest BCUT2D eigenvalue weighted by atomic mass is 9.91. The number of nitrogens with one attached hydrogen (secondary N) is 1. The van der Waals surface area contributed by atoms with Crippen LogP contribution in [0.5, 0.6) is 0 Å². The van der Waals surface area contributed by atoms with E-state index < -0.39 is 0 Å². The van der Waals surface area contributed by atoms with Gasteiger partial charge in [0.25, 0.3) is 5.91 Å². The van der Waals surface area contributed by atoms with Gasteiger partial charge in [-0.1, -0.05) is 0 Å². The van der Waals surface area contributed by atoms with Gasteiger partial charge in [-0.2, -0.15) is 0 Å². The van der Waals surface area contributed by atoms with Crippen LogP contribution < -0.4 is 5.32 Å². The van der Waals surface area contributed by atoms with Crippen molar-refractivity contribution < 1.29 is 13.6 Å². The summed E-state index contributed by atoms with van der Waals surface area (Å²) < 4.78 is 10.6. The second-order valence-corrected chi connectivity index (χ2v) is 4.65. The zero-order chi connectivity index (χ0) is 12.5. The zero-order valence-corrected chi connectivity index (χ0v) is 10.2. The average Bonchev–Trinajstić information content (AvgIpc) is 3.00. The van der Waals surface area contributed by atoms with Crippen LogP contribution in [0, 0.1) is 6.92 Å². The van der Waals surface area contributed by atoms with Crippen LogP contribution >= 0.6 is 0 Å². The molecule has 0 spiro atoms. The van der Waals surface area contributed by atoms with Crippen LogP contribution in [0.2, 0.25) is 0 Å². The molecule has 0 fully saturated rings. The predicted molar refractivity (Wildman–Crippen MR) is 65.3 cm³/mol. The lowest BCUT2D eigenvalue weighted by Crippen LogP contribution is -2.30. The number of hydrogen-bond donors (Lipinski definition) is 1. The fourth-order valence-electron chi connectivity index (χ4n) is 2.56. The number of rotatable bonds is 2. The monoisotopic (exact) mass is 245 g/mol. The molecule has 0 saturated carbocycles. The molecular formula is C14H15NO3. The molecule has 3 rings (SSSR count). The van der Waals surface area contributed by atoms with E-state index in [0.29, 0.717) is 5.76 Å². The fourth-order valence-corrected chi connectivity index (χ4v) is 2.56. The van der Waals surface area contributed by atoms with Gasteiger partial charge in [-0.3, -0.25) is 4.79 Å². The number of fused-ring (bicyclic) bond motifs is 1. The van der Waals surface area contributed by atoms with Gasteiger partial charge in [0, 0.05) is 12.0 Å². The Kier molecular flexibility index (Phi) is 2.70. The molecule has 4 heteroatoms. The molecule has 0 aromatic carbocycles. The Hall–Kier alpha value is -1.97. The van der Waals surface area contributed by atoms with E-state index in [-0.39, 0.29) is 11.9 Å². The van der Waals surface area contributed by atoms with Crippen LogP contribution in [-0.4, -0.2) is 5.91 Å². The van der Waals surface area contributed by atoms with Gasteiger partial charge in [-0.15, -0.1) is 0 Å². The minimum atomic E-state index is -0.168. The number of amides is 1. The van der Waals surface area contributed by atoms with Crippen molar-refractivity contribution in [3.63, 3.8) is 0 Å². The Morgan fingerprint density at radius 3 is 3.11 bits per heavy atom. The molecule has 2 aromatic heterocycles. The molecule has 0 saturated heterocycles. The van der Waals surface area contributed by atoms with Gasteiger partial charge >= 0.3 is 0 Å². The molecule has 0 unspecified atom stereocenters. The zero-order valence-electron chi connectivity index (χ0n) is 10.2. The molecule has 0 bridgehead atoms. The third-order valence-corrected chi connectivity index (χ3v) is 3.40. The molecule has 18 heavy (non-hydrogen) atoms. The van der Waals surface area contributed by atoms with E-state index in [0.717, 1.165) is 36.1 Å². The normalized spacial score (nSPS) is 18.4. The van der Waals surface area contributed by atoms with Gasteiger partial charge in [-0.05, 0) is 37.5 Å². The van der Waals surface area contributed by atoms with Crippen LogP contribution in [0.15, 0.2) is 33.5 Å². The van der Waals surface area contributed by atoms with Crippen LogP contribution in [0.4, 0.5) is 0 Å². The van der Waals surface area contributed by atoms with E-state index in [1.165, 1.54) is 6.26 Å². The van der Waals surface area contributed by atoms with Gasteiger partial charge in [0.2, 0.25) is 0 Å². The summed E-state index contributed by atoms with van der Waals surface area (Å²) in [6.07, 6.45) is 6.20. The molecular weight excluding hydrogens is 230 g/mol. The van der Waals surface area contributed by atoms with Crippen molar-refractivity contribution in [2.24, 2.45) is 0 Å². The van der Waals surface area contributed by atoms with E-state index in [1.54, 1.807) is 18.4 Å². The first-order chi connectivity index (χ1) is 8.75. The fraction of sp³-hybridized carbons (Fsp3) is 0.357. The van der Waals surface area contributed by atoms with Gasteiger partial charge in [0.1, 0.15) is 5.76 Å². The number of furan rings is 2. The van der Waals surface area contributed by atoms with Gasteiger partial charge in [-0.25, -0.2) is 0 Å². The summed E-state index contributed by atoms with van der Waals surface area (Å²) in [5, 5.41) is 3.01. The lowest BCUT2D eigenvalue weighted by Gasteiger charge is -2.23. The quantitative estimate of drug-likeness (QED) is 0.884. The molecule has 1 aliphatic rings. The summed E-state index contributed by atoms with van der Waals surface area (Å²) in [5.74, 6) is 1.19. The minimum Gasteiger partial charge on any atom is -0.469 e. The maximum Gasteiger partial charge on any atom is 0.287 e. The highest BCUT2D eigenvalue weighted by Crippen LogP contribution is 2.33. The van der Waals surface area contributed by atoms with E-state index >= 15 is 0 Å². The van der Waals surface area contributed by atoms with Crippen LogP contribution in [0.3, 0.4) is 0 Å². The Morgan fingerprint density at radius 2 is 2.33 bits per heavy atom. The Balaban J connectivity index is 1.82. The molecule has 1 amide bonds. The smallest absolute Gasteiger partial charge is 0.287 e. The van der Waals surface area contributed by atoms with Crippen LogP contribution in [-0.2, 0) is 6.42 Å². The molecule has 1 aliphatic carbocycles. The topological polar surface area (TPSA) is 55.4 Å². The molecule has 2 heterocycles. The Morgan fingerprint density at radius 1 is 1.44 bits per heavy atom. The van der Waals surface area contributed by atoms with Gasteiger partial charge < -0.3 is 14.2 Å².